The quantitative estimate of drug-likeness (QED) is 0.335. The Hall–Kier alpha value is -1.51. The van der Waals surface area contributed by atoms with E-state index in [4.69, 9.17) is 32.7 Å². The van der Waals surface area contributed by atoms with Crippen molar-refractivity contribution in [1.29, 1.82) is 0 Å². The van der Waals surface area contributed by atoms with Crippen molar-refractivity contribution in [3.05, 3.63) is 52.0 Å². The average molecular weight is 518 g/mol. The second-order valence-electron chi connectivity index (χ2n) is 8.24. The number of hydrogen-bond donors (Lipinski definition) is 0. The molecule has 2 rings (SSSR count). The van der Waals surface area contributed by atoms with Gasteiger partial charge in [0.2, 0.25) is 10.0 Å². The molecule has 0 fully saturated rings. The first-order chi connectivity index (χ1) is 15.6. The summed E-state index contributed by atoms with van der Waals surface area (Å²) in [6.45, 7) is 5.98. The molecule has 0 aliphatic carbocycles. The molecular weight excluding hydrogens is 483 g/mol. The minimum Gasteiger partial charge on any atom is -0.493 e. The molecule has 0 radical (unpaired) electrons. The molecule has 0 saturated carbocycles. The van der Waals surface area contributed by atoms with Crippen molar-refractivity contribution in [1.82, 2.24) is 9.21 Å². The van der Waals surface area contributed by atoms with Crippen molar-refractivity contribution < 1.29 is 17.9 Å². The zero-order valence-corrected chi connectivity index (χ0v) is 22.3. The van der Waals surface area contributed by atoms with Crippen LogP contribution in [0.5, 0.6) is 11.5 Å². The first-order valence-electron chi connectivity index (χ1n) is 11.0. The number of unbranched alkanes of at least 4 members (excludes halogenated alkanes) is 1. The molecule has 0 unspecified atom stereocenters. The van der Waals surface area contributed by atoms with Crippen molar-refractivity contribution in [2.75, 3.05) is 40.9 Å². The number of methoxy groups -OCH3 is 2. The van der Waals surface area contributed by atoms with Crippen LogP contribution in [0, 0.1) is 0 Å². The fourth-order valence-electron chi connectivity index (χ4n) is 3.55. The Kier molecular flexibility index (Phi) is 10.8. The van der Waals surface area contributed by atoms with E-state index in [1.807, 2.05) is 32.0 Å². The normalized spacial score (nSPS) is 12.1. The number of halogens is 2. The van der Waals surface area contributed by atoms with Gasteiger partial charge in [0.25, 0.3) is 0 Å². The van der Waals surface area contributed by atoms with Crippen molar-refractivity contribution in [2.24, 2.45) is 0 Å². The van der Waals surface area contributed by atoms with E-state index in [9.17, 15) is 8.42 Å². The third-order valence-corrected chi connectivity index (χ3v) is 8.28. The zero-order chi connectivity index (χ0) is 24.6. The van der Waals surface area contributed by atoms with E-state index in [0.717, 1.165) is 43.9 Å². The van der Waals surface area contributed by atoms with Gasteiger partial charge < -0.3 is 14.4 Å². The SMILES string of the molecule is COc1ccc(CCN(C)CCCCN(C(C)C)S(=O)(=O)c2ccc(Cl)c(Cl)c2)cc1OC. The van der Waals surface area contributed by atoms with E-state index in [-0.39, 0.29) is 16.0 Å². The van der Waals surface area contributed by atoms with Crippen LogP contribution < -0.4 is 9.47 Å². The summed E-state index contributed by atoms with van der Waals surface area (Å²) in [7, 11) is 1.69. The van der Waals surface area contributed by atoms with E-state index in [1.54, 1.807) is 14.2 Å². The molecule has 0 aliphatic heterocycles. The minimum absolute atomic E-state index is 0.160. The number of ether oxygens (including phenoxy) is 2. The molecule has 0 amide bonds. The maximum absolute atomic E-state index is 13.1. The molecule has 0 aromatic heterocycles. The van der Waals surface area contributed by atoms with Crippen LogP contribution in [0.3, 0.4) is 0 Å². The number of nitrogens with zero attached hydrogens (tertiary/aromatic N) is 2. The summed E-state index contributed by atoms with van der Waals surface area (Å²) in [6.07, 6.45) is 2.54. The number of likely N-dealkylation sites (N-methyl/N-ethyl adjacent to an activating group) is 1. The van der Waals surface area contributed by atoms with Crippen molar-refractivity contribution >= 4 is 33.2 Å². The molecule has 0 atom stereocenters. The third-order valence-electron chi connectivity index (χ3n) is 5.47. The summed E-state index contributed by atoms with van der Waals surface area (Å²) in [5.74, 6) is 1.45. The first-order valence-corrected chi connectivity index (χ1v) is 13.2. The van der Waals surface area contributed by atoms with Crippen molar-refractivity contribution in [2.45, 2.75) is 44.0 Å². The first kappa shape index (κ1) is 27.7. The number of benzene rings is 2. The van der Waals surface area contributed by atoms with Crippen LogP contribution >= 0.6 is 23.2 Å². The van der Waals surface area contributed by atoms with Gasteiger partial charge in [0, 0.05) is 19.1 Å². The van der Waals surface area contributed by atoms with Crippen LogP contribution in [0.1, 0.15) is 32.3 Å². The van der Waals surface area contributed by atoms with Gasteiger partial charge >= 0.3 is 0 Å². The van der Waals surface area contributed by atoms with Gasteiger partial charge in [0.05, 0.1) is 29.2 Å². The number of rotatable bonds is 13. The summed E-state index contributed by atoms with van der Waals surface area (Å²) in [4.78, 5) is 2.42. The van der Waals surface area contributed by atoms with Gasteiger partial charge in [0.15, 0.2) is 11.5 Å². The summed E-state index contributed by atoms with van der Waals surface area (Å²) in [6, 6.07) is 10.2. The Morgan fingerprint density at radius 1 is 0.879 bits per heavy atom. The fourth-order valence-corrected chi connectivity index (χ4v) is 5.61. The minimum atomic E-state index is -3.64. The topological polar surface area (TPSA) is 59.1 Å². The van der Waals surface area contributed by atoms with E-state index >= 15 is 0 Å². The highest BCUT2D eigenvalue weighted by atomic mass is 35.5. The Morgan fingerprint density at radius 2 is 1.55 bits per heavy atom. The summed E-state index contributed by atoms with van der Waals surface area (Å²) in [5, 5.41) is 0.570. The summed E-state index contributed by atoms with van der Waals surface area (Å²) >= 11 is 12.0. The molecule has 0 N–H and O–H groups in total. The molecule has 0 bridgehead atoms. The Bertz CT molecular complexity index is 1020. The van der Waals surface area contributed by atoms with E-state index < -0.39 is 10.0 Å². The number of hydrogen-bond acceptors (Lipinski definition) is 5. The standard InChI is InChI=1S/C24H34Cl2N2O4S/c1-18(2)28(33(29,30)20-9-10-21(25)22(26)17-20)14-7-6-13-27(3)15-12-19-8-11-23(31-4)24(16-19)32-5/h8-11,16-18H,6-7,12-15H2,1-5H3. The van der Waals surface area contributed by atoms with Gasteiger partial charge in [0.1, 0.15) is 0 Å². The molecule has 184 valence electrons. The molecule has 2 aromatic carbocycles. The van der Waals surface area contributed by atoms with Crippen LogP contribution in [0.4, 0.5) is 0 Å². The van der Waals surface area contributed by atoms with Crippen molar-refractivity contribution in [3.63, 3.8) is 0 Å². The van der Waals surface area contributed by atoms with Crippen LogP contribution in [0.25, 0.3) is 0 Å². The Labute approximate surface area is 208 Å². The van der Waals surface area contributed by atoms with E-state index in [0.29, 0.717) is 11.6 Å². The average Bonchev–Trinajstić information content (AvgIpc) is 2.78. The zero-order valence-electron chi connectivity index (χ0n) is 20.0. The molecule has 6 nitrogen and oxygen atoms in total. The van der Waals surface area contributed by atoms with Crippen LogP contribution in [-0.2, 0) is 16.4 Å². The molecule has 0 heterocycles. The lowest BCUT2D eigenvalue weighted by molar-refractivity contribution is 0.306. The summed E-state index contributed by atoms with van der Waals surface area (Å²) in [5.41, 5.74) is 1.18. The lowest BCUT2D eigenvalue weighted by Crippen LogP contribution is -2.38. The molecule has 0 saturated heterocycles. The third kappa shape index (κ3) is 7.76. The fraction of sp³-hybridized carbons (Fsp3) is 0.500. The second-order valence-corrected chi connectivity index (χ2v) is 10.9. The highest BCUT2D eigenvalue weighted by molar-refractivity contribution is 7.89. The van der Waals surface area contributed by atoms with Crippen molar-refractivity contribution in [3.8, 4) is 11.5 Å². The van der Waals surface area contributed by atoms with Gasteiger partial charge in [-0.2, -0.15) is 4.31 Å². The lowest BCUT2D eigenvalue weighted by Gasteiger charge is -2.26. The molecule has 0 spiro atoms. The maximum atomic E-state index is 13.1. The van der Waals surface area contributed by atoms with Crippen LogP contribution in [-0.4, -0.2) is 64.6 Å². The molecule has 33 heavy (non-hydrogen) atoms. The largest absolute Gasteiger partial charge is 0.493 e. The van der Waals surface area contributed by atoms with Gasteiger partial charge in [-0.3, -0.25) is 0 Å². The van der Waals surface area contributed by atoms with Gasteiger partial charge in [-0.05, 0) is 82.6 Å². The van der Waals surface area contributed by atoms with Gasteiger partial charge in [-0.25, -0.2) is 8.42 Å². The monoisotopic (exact) mass is 516 g/mol. The summed E-state index contributed by atoms with van der Waals surface area (Å²) < 4.78 is 38.4. The Morgan fingerprint density at radius 3 is 2.15 bits per heavy atom. The molecule has 2 aromatic rings. The van der Waals surface area contributed by atoms with E-state index in [2.05, 4.69) is 11.9 Å². The molecular formula is C24H34Cl2N2O4S. The highest BCUT2D eigenvalue weighted by Gasteiger charge is 2.27. The van der Waals surface area contributed by atoms with Gasteiger partial charge in [-0.1, -0.05) is 29.3 Å². The molecule has 0 aliphatic rings. The predicted molar refractivity (Wildman–Crippen MR) is 135 cm³/mol. The Balaban J connectivity index is 1.86. The maximum Gasteiger partial charge on any atom is 0.243 e. The smallest absolute Gasteiger partial charge is 0.243 e. The predicted octanol–water partition coefficient (Wildman–Crippen LogP) is 5.36. The van der Waals surface area contributed by atoms with E-state index in [1.165, 1.54) is 28.1 Å². The second kappa shape index (κ2) is 12.8. The number of sulfonamides is 1. The van der Waals surface area contributed by atoms with Crippen LogP contribution in [0.2, 0.25) is 10.0 Å². The van der Waals surface area contributed by atoms with Gasteiger partial charge in [-0.15, -0.1) is 0 Å². The molecule has 9 heteroatoms. The highest BCUT2D eigenvalue weighted by Crippen LogP contribution is 2.28. The lowest BCUT2D eigenvalue weighted by atomic mass is 10.1. The van der Waals surface area contributed by atoms with Crippen LogP contribution in [0.15, 0.2) is 41.3 Å².